The Morgan fingerprint density at radius 2 is 2.00 bits per heavy atom. The molecule has 0 bridgehead atoms. The number of hydrogen-bond acceptors (Lipinski definition) is 3. The maximum atomic E-state index is 12.0. The molecule has 0 saturated carbocycles. The quantitative estimate of drug-likeness (QED) is 0.828. The van der Waals surface area contributed by atoms with E-state index in [0.29, 0.717) is 16.5 Å². The Morgan fingerprint density at radius 1 is 1.22 bits per heavy atom. The number of nitrogens with zero attached hydrogens (tertiary/aromatic N) is 1. The smallest absolute Gasteiger partial charge is 0.251 e. The molecule has 2 aromatic rings. The zero-order valence-corrected chi connectivity index (χ0v) is 10.1. The Balaban J connectivity index is 1.97. The summed E-state index contributed by atoms with van der Waals surface area (Å²) in [6.45, 7) is 0. The molecule has 5 heteroatoms. The molecular formula is C13H10ClN3O. The van der Waals surface area contributed by atoms with Crippen LogP contribution in [0.25, 0.3) is 0 Å². The number of benzene rings is 1. The Kier molecular flexibility index (Phi) is 2.64. The summed E-state index contributed by atoms with van der Waals surface area (Å²) in [5.41, 5.74) is 1.51. The highest BCUT2D eigenvalue weighted by atomic mass is 35.5. The first-order valence-corrected chi connectivity index (χ1v) is 5.90. The summed E-state index contributed by atoms with van der Waals surface area (Å²) < 4.78 is 0. The number of aromatic nitrogens is 1. The van der Waals surface area contributed by atoms with Crippen LogP contribution in [0.5, 0.6) is 0 Å². The minimum atomic E-state index is -0.424. The molecule has 3 rings (SSSR count). The molecule has 0 radical (unpaired) electrons. The summed E-state index contributed by atoms with van der Waals surface area (Å²) in [6, 6.07) is 10.8. The van der Waals surface area contributed by atoms with Crippen molar-refractivity contribution in [1.82, 2.24) is 4.98 Å². The molecule has 1 aliphatic rings. The van der Waals surface area contributed by atoms with E-state index in [1.54, 1.807) is 12.3 Å². The van der Waals surface area contributed by atoms with Gasteiger partial charge in [-0.15, -0.1) is 0 Å². The molecule has 2 heterocycles. The zero-order chi connectivity index (χ0) is 12.5. The van der Waals surface area contributed by atoms with Crippen molar-refractivity contribution in [3.63, 3.8) is 0 Å². The van der Waals surface area contributed by atoms with Crippen molar-refractivity contribution in [2.75, 3.05) is 10.6 Å². The second kappa shape index (κ2) is 4.31. The zero-order valence-electron chi connectivity index (χ0n) is 9.35. The van der Waals surface area contributed by atoms with Gasteiger partial charge >= 0.3 is 0 Å². The highest BCUT2D eigenvalue weighted by Gasteiger charge is 2.27. The van der Waals surface area contributed by atoms with Crippen LogP contribution in [0.2, 0.25) is 5.02 Å². The van der Waals surface area contributed by atoms with E-state index in [1.807, 2.05) is 30.3 Å². The molecule has 4 nitrogen and oxygen atoms in total. The Labute approximate surface area is 109 Å². The van der Waals surface area contributed by atoms with E-state index in [2.05, 4.69) is 15.6 Å². The third-order valence-electron chi connectivity index (χ3n) is 2.79. The maximum absolute atomic E-state index is 12.0. The van der Waals surface area contributed by atoms with Gasteiger partial charge in [-0.3, -0.25) is 4.79 Å². The number of halogens is 1. The highest BCUT2D eigenvalue weighted by molar-refractivity contribution is 6.31. The Bertz CT molecular complexity index is 600. The van der Waals surface area contributed by atoms with Gasteiger partial charge in [0.1, 0.15) is 6.04 Å². The lowest BCUT2D eigenvalue weighted by Crippen LogP contribution is -2.32. The molecule has 0 spiro atoms. The summed E-state index contributed by atoms with van der Waals surface area (Å²) in [4.78, 5) is 16.2. The molecule has 90 valence electrons. The van der Waals surface area contributed by atoms with Crippen molar-refractivity contribution in [3.8, 4) is 0 Å². The first-order chi connectivity index (χ1) is 8.74. The molecule has 1 unspecified atom stereocenters. The van der Waals surface area contributed by atoms with Gasteiger partial charge in [0.15, 0.2) is 5.82 Å². The number of amides is 1. The summed E-state index contributed by atoms with van der Waals surface area (Å²) in [7, 11) is 0. The van der Waals surface area contributed by atoms with Crippen LogP contribution in [-0.4, -0.2) is 10.9 Å². The molecule has 0 fully saturated rings. The number of fused-ring (bicyclic) bond motifs is 1. The summed E-state index contributed by atoms with van der Waals surface area (Å²) in [6.07, 6.45) is 1.55. The number of rotatable bonds is 1. The summed E-state index contributed by atoms with van der Waals surface area (Å²) in [5, 5.41) is 6.40. The topological polar surface area (TPSA) is 54.0 Å². The van der Waals surface area contributed by atoms with Crippen LogP contribution >= 0.6 is 11.6 Å². The van der Waals surface area contributed by atoms with Crippen molar-refractivity contribution < 1.29 is 4.79 Å². The fraction of sp³-hybridized carbons (Fsp3) is 0.0769. The first kappa shape index (κ1) is 11.0. The van der Waals surface area contributed by atoms with Gasteiger partial charge in [-0.05, 0) is 11.6 Å². The second-order valence-electron chi connectivity index (χ2n) is 4.03. The predicted molar refractivity (Wildman–Crippen MR) is 70.7 cm³/mol. The number of carbonyl (C=O) groups is 1. The van der Waals surface area contributed by atoms with Crippen molar-refractivity contribution in [2.24, 2.45) is 0 Å². The predicted octanol–water partition coefficient (Wildman–Crippen LogP) is 2.84. The van der Waals surface area contributed by atoms with Gasteiger partial charge < -0.3 is 10.6 Å². The third-order valence-corrected chi connectivity index (χ3v) is 3.00. The highest BCUT2D eigenvalue weighted by Crippen LogP contribution is 2.31. The van der Waals surface area contributed by atoms with Gasteiger partial charge in [0, 0.05) is 6.20 Å². The standard InChI is InChI=1S/C13H10ClN3O/c14-9-6-10-12(15-7-9)17-11(13(18)16-10)8-4-2-1-3-5-8/h1-7,11H,(H,15,17)(H,16,18). The fourth-order valence-electron chi connectivity index (χ4n) is 1.94. The van der Waals surface area contributed by atoms with Crippen LogP contribution in [0.1, 0.15) is 11.6 Å². The summed E-state index contributed by atoms with van der Waals surface area (Å²) >= 11 is 5.84. The van der Waals surface area contributed by atoms with Crippen molar-refractivity contribution in [1.29, 1.82) is 0 Å². The number of pyridine rings is 1. The molecule has 1 aromatic carbocycles. The largest absolute Gasteiger partial charge is 0.353 e. The van der Waals surface area contributed by atoms with Crippen LogP contribution in [0, 0.1) is 0 Å². The maximum Gasteiger partial charge on any atom is 0.251 e. The SMILES string of the molecule is O=C1Nc2cc(Cl)cnc2NC1c1ccccc1. The second-order valence-corrected chi connectivity index (χ2v) is 4.46. The van der Waals surface area contributed by atoms with E-state index in [4.69, 9.17) is 11.6 Å². The van der Waals surface area contributed by atoms with Gasteiger partial charge in [-0.1, -0.05) is 41.9 Å². The molecule has 0 saturated heterocycles. The first-order valence-electron chi connectivity index (χ1n) is 5.52. The number of anilines is 2. The average Bonchev–Trinajstić information content (AvgIpc) is 2.39. The van der Waals surface area contributed by atoms with Crippen LogP contribution in [-0.2, 0) is 4.79 Å². The normalized spacial score (nSPS) is 17.6. The van der Waals surface area contributed by atoms with Gasteiger partial charge in [-0.25, -0.2) is 4.98 Å². The van der Waals surface area contributed by atoms with Gasteiger partial charge in [0.2, 0.25) is 0 Å². The van der Waals surface area contributed by atoms with Gasteiger partial charge in [0.25, 0.3) is 5.91 Å². The molecule has 18 heavy (non-hydrogen) atoms. The fourth-order valence-corrected chi connectivity index (χ4v) is 2.09. The third kappa shape index (κ3) is 1.91. The molecule has 2 N–H and O–H groups in total. The molecule has 1 amide bonds. The Morgan fingerprint density at radius 3 is 2.78 bits per heavy atom. The van der Waals surface area contributed by atoms with E-state index in [0.717, 1.165) is 5.56 Å². The van der Waals surface area contributed by atoms with Gasteiger partial charge in [0.05, 0.1) is 10.7 Å². The number of nitrogens with one attached hydrogen (secondary N) is 2. The lowest BCUT2D eigenvalue weighted by molar-refractivity contribution is -0.117. The Hall–Kier alpha value is -2.07. The van der Waals surface area contributed by atoms with Crippen LogP contribution < -0.4 is 10.6 Å². The molecule has 1 aliphatic heterocycles. The average molecular weight is 260 g/mol. The molecule has 0 aliphatic carbocycles. The molecule has 1 aromatic heterocycles. The minimum absolute atomic E-state index is 0.113. The van der Waals surface area contributed by atoms with E-state index < -0.39 is 6.04 Å². The van der Waals surface area contributed by atoms with Crippen LogP contribution in [0.3, 0.4) is 0 Å². The summed E-state index contributed by atoms with van der Waals surface area (Å²) in [5.74, 6) is 0.519. The van der Waals surface area contributed by atoms with E-state index >= 15 is 0 Å². The molecule has 1 atom stereocenters. The van der Waals surface area contributed by atoms with Crippen molar-refractivity contribution >= 4 is 29.0 Å². The lowest BCUT2D eigenvalue weighted by Gasteiger charge is -2.26. The molecular weight excluding hydrogens is 250 g/mol. The van der Waals surface area contributed by atoms with Crippen LogP contribution in [0.15, 0.2) is 42.6 Å². The number of carbonyl (C=O) groups excluding carboxylic acids is 1. The van der Waals surface area contributed by atoms with E-state index in [9.17, 15) is 4.79 Å². The monoisotopic (exact) mass is 259 g/mol. The van der Waals surface area contributed by atoms with E-state index in [-0.39, 0.29) is 5.91 Å². The van der Waals surface area contributed by atoms with Gasteiger partial charge in [-0.2, -0.15) is 0 Å². The lowest BCUT2D eigenvalue weighted by atomic mass is 10.0. The van der Waals surface area contributed by atoms with Crippen LogP contribution in [0.4, 0.5) is 11.5 Å². The number of hydrogen-bond donors (Lipinski definition) is 2. The minimum Gasteiger partial charge on any atom is -0.353 e. The van der Waals surface area contributed by atoms with E-state index in [1.165, 1.54) is 0 Å². The van der Waals surface area contributed by atoms with Crippen molar-refractivity contribution in [2.45, 2.75) is 6.04 Å². The van der Waals surface area contributed by atoms with Crippen molar-refractivity contribution in [3.05, 3.63) is 53.2 Å².